The number of nitrogens with zero attached hydrogens (tertiary/aromatic N) is 1. The van der Waals surface area contributed by atoms with Crippen LogP contribution in [-0.4, -0.2) is 29.8 Å². The number of amides is 2. The Morgan fingerprint density at radius 3 is 2.87 bits per heavy atom. The van der Waals surface area contributed by atoms with Gasteiger partial charge in [0.2, 0.25) is 11.8 Å². The van der Waals surface area contributed by atoms with Crippen molar-refractivity contribution in [2.75, 3.05) is 13.1 Å². The molecule has 2 amide bonds. The summed E-state index contributed by atoms with van der Waals surface area (Å²) in [6.07, 6.45) is 4.77. The Balaban J connectivity index is 1.80. The van der Waals surface area contributed by atoms with Gasteiger partial charge >= 0.3 is 0 Å². The highest BCUT2D eigenvalue weighted by Crippen LogP contribution is 2.27. The number of fused-ring (bicyclic) bond motifs is 1. The Hall–Kier alpha value is -2.56. The van der Waals surface area contributed by atoms with Crippen LogP contribution < -0.4 is 5.73 Å². The number of para-hydroxylation sites is 1. The highest BCUT2D eigenvalue weighted by Gasteiger charge is 2.28. The number of carbonyl (C=O) groups is 2. The highest BCUT2D eigenvalue weighted by atomic mass is 16.3. The molecule has 0 saturated carbocycles. The lowest BCUT2D eigenvalue weighted by atomic mass is 10.1. The molecule has 23 heavy (non-hydrogen) atoms. The smallest absolute Gasteiger partial charge is 0.246 e. The standard InChI is InChI=1S/C18H20N2O3/c1-2-15-14(13-5-3-4-6-16(13)23-15)7-8-17(21)20-10-9-12(11-20)18(19)22/h3-8,12H,2,9-11H2,1H3,(H2,19,22)/b8-7+/t12-/m0/s1. The average Bonchev–Trinajstić information content (AvgIpc) is 3.17. The van der Waals surface area contributed by atoms with Gasteiger partial charge in [0.25, 0.3) is 0 Å². The topological polar surface area (TPSA) is 76.5 Å². The SMILES string of the molecule is CCc1oc2ccccc2c1/C=C/C(=O)N1CC[C@H](C(N)=O)C1. The molecule has 2 aromatic rings. The molecule has 120 valence electrons. The number of benzene rings is 1. The molecular formula is C18H20N2O3. The first kappa shape index (κ1) is 15.3. The number of likely N-dealkylation sites (tertiary alicyclic amines) is 1. The second kappa shape index (κ2) is 6.28. The predicted octanol–water partition coefficient (Wildman–Crippen LogP) is 2.34. The number of aryl methyl sites for hydroxylation is 1. The fraction of sp³-hybridized carbons (Fsp3) is 0.333. The molecule has 0 spiro atoms. The molecule has 1 atom stereocenters. The van der Waals surface area contributed by atoms with E-state index in [0.717, 1.165) is 28.7 Å². The van der Waals surface area contributed by atoms with E-state index in [4.69, 9.17) is 10.2 Å². The molecule has 1 saturated heterocycles. The summed E-state index contributed by atoms with van der Waals surface area (Å²) >= 11 is 0. The highest BCUT2D eigenvalue weighted by molar-refractivity contribution is 5.96. The molecule has 2 heterocycles. The molecule has 0 radical (unpaired) electrons. The maximum Gasteiger partial charge on any atom is 0.246 e. The van der Waals surface area contributed by atoms with Crippen LogP contribution in [0, 0.1) is 5.92 Å². The lowest BCUT2D eigenvalue weighted by molar-refractivity contribution is -0.125. The van der Waals surface area contributed by atoms with E-state index in [1.807, 2.05) is 37.3 Å². The Labute approximate surface area is 134 Å². The maximum absolute atomic E-state index is 12.3. The third-order valence-electron chi connectivity index (χ3n) is 4.33. The van der Waals surface area contributed by atoms with Gasteiger partial charge in [0.15, 0.2) is 0 Å². The summed E-state index contributed by atoms with van der Waals surface area (Å²) in [5, 5.41) is 1.00. The molecule has 5 nitrogen and oxygen atoms in total. The zero-order valence-corrected chi connectivity index (χ0v) is 13.1. The van der Waals surface area contributed by atoms with Crippen molar-refractivity contribution < 1.29 is 14.0 Å². The minimum atomic E-state index is -0.335. The minimum absolute atomic E-state index is 0.0962. The third kappa shape index (κ3) is 2.99. The normalized spacial score (nSPS) is 18.1. The van der Waals surface area contributed by atoms with Crippen molar-refractivity contribution in [1.29, 1.82) is 0 Å². The fourth-order valence-electron chi connectivity index (χ4n) is 3.01. The zero-order chi connectivity index (χ0) is 16.4. The minimum Gasteiger partial charge on any atom is -0.460 e. The van der Waals surface area contributed by atoms with E-state index in [-0.39, 0.29) is 17.7 Å². The van der Waals surface area contributed by atoms with Crippen molar-refractivity contribution in [3.05, 3.63) is 41.7 Å². The van der Waals surface area contributed by atoms with Crippen LogP contribution in [0.3, 0.4) is 0 Å². The molecular weight excluding hydrogens is 292 g/mol. The number of carbonyl (C=O) groups excluding carboxylic acids is 2. The summed E-state index contributed by atoms with van der Waals surface area (Å²) in [6.45, 7) is 3.00. The van der Waals surface area contributed by atoms with Gasteiger partial charge in [-0.3, -0.25) is 9.59 Å². The van der Waals surface area contributed by atoms with Gasteiger partial charge < -0.3 is 15.1 Å². The van der Waals surface area contributed by atoms with Crippen molar-refractivity contribution in [3.8, 4) is 0 Å². The summed E-state index contributed by atoms with van der Waals surface area (Å²) in [5.41, 5.74) is 7.08. The maximum atomic E-state index is 12.3. The lowest BCUT2D eigenvalue weighted by Crippen LogP contribution is -2.30. The van der Waals surface area contributed by atoms with Crippen LogP contribution in [0.1, 0.15) is 24.7 Å². The van der Waals surface area contributed by atoms with Crippen molar-refractivity contribution in [2.45, 2.75) is 19.8 Å². The molecule has 2 N–H and O–H groups in total. The number of hydrogen-bond donors (Lipinski definition) is 1. The van der Waals surface area contributed by atoms with E-state index in [2.05, 4.69) is 0 Å². The first-order valence-electron chi connectivity index (χ1n) is 7.87. The van der Waals surface area contributed by atoms with Crippen LogP contribution in [0.4, 0.5) is 0 Å². The first-order valence-corrected chi connectivity index (χ1v) is 7.87. The molecule has 1 fully saturated rings. The van der Waals surface area contributed by atoms with E-state index in [0.29, 0.717) is 19.5 Å². The van der Waals surface area contributed by atoms with Gasteiger partial charge in [0.1, 0.15) is 11.3 Å². The van der Waals surface area contributed by atoms with Crippen molar-refractivity contribution in [3.63, 3.8) is 0 Å². The Morgan fingerprint density at radius 2 is 2.17 bits per heavy atom. The van der Waals surface area contributed by atoms with Gasteiger partial charge in [-0.1, -0.05) is 25.1 Å². The Bertz CT molecular complexity index is 776. The van der Waals surface area contributed by atoms with Gasteiger partial charge in [0, 0.05) is 36.5 Å². The van der Waals surface area contributed by atoms with Gasteiger partial charge in [-0.15, -0.1) is 0 Å². The Kier molecular flexibility index (Phi) is 4.19. The van der Waals surface area contributed by atoms with Crippen LogP contribution in [-0.2, 0) is 16.0 Å². The first-order chi connectivity index (χ1) is 11.1. The van der Waals surface area contributed by atoms with Crippen molar-refractivity contribution in [2.24, 2.45) is 11.7 Å². The summed E-state index contributed by atoms with van der Waals surface area (Å²) in [4.78, 5) is 25.2. The van der Waals surface area contributed by atoms with E-state index >= 15 is 0 Å². The van der Waals surface area contributed by atoms with E-state index < -0.39 is 0 Å². The summed E-state index contributed by atoms with van der Waals surface area (Å²) in [5.74, 6) is 0.208. The van der Waals surface area contributed by atoms with E-state index in [1.54, 1.807) is 11.0 Å². The lowest BCUT2D eigenvalue weighted by Gasteiger charge is -2.13. The summed E-state index contributed by atoms with van der Waals surface area (Å²) in [7, 11) is 0. The van der Waals surface area contributed by atoms with Crippen LogP contribution in [0.2, 0.25) is 0 Å². The molecule has 0 unspecified atom stereocenters. The van der Waals surface area contributed by atoms with Crippen LogP contribution in [0.15, 0.2) is 34.8 Å². The summed E-state index contributed by atoms with van der Waals surface area (Å²) in [6, 6.07) is 7.79. The third-order valence-corrected chi connectivity index (χ3v) is 4.33. The van der Waals surface area contributed by atoms with Crippen LogP contribution >= 0.6 is 0 Å². The quantitative estimate of drug-likeness (QED) is 0.880. The van der Waals surface area contributed by atoms with Crippen LogP contribution in [0.5, 0.6) is 0 Å². The van der Waals surface area contributed by atoms with Gasteiger partial charge in [-0.2, -0.15) is 0 Å². The number of nitrogens with two attached hydrogens (primary N) is 1. The number of furan rings is 1. The van der Waals surface area contributed by atoms with Gasteiger partial charge in [0.05, 0.1) is 5.92 Å². The van der Waals surface area contributed by atoms with Gasteiger partial charge in [-0.05, 0) is 18.6 Å². The van der Waals surface area contributed by atoms with Crippen LogP contribution in [0.25, 0.3) is 17.0 Å². The second-order valence-corrected chi connectivity index (χ2v) is 5.79. The van der Waals surface area contributed by atoms with E-state index in [9.17, 15) is 9.59 Å². The largest absolute Gasteiger partial charge is 0.460 e. The molecule has 1 aliphatic rings. The molecule has 1 aromatic heterocycles. The van der Waals surface area contributed by atoms with Crippen molar-refractivity contribution in [1.82, 2.24) is 4.90 Å². The predicted molar refractivity (Wildman–Crippen MR) is 88.5 cm³/mol. The Morgan fingerprint density at radius 1 is 1.39 bits per heavy atom. The molecule has 1 aliphatic heterocycles. The number of hydrogen-bond acceptors (Lipinski definition) is 3. The molecule has 5 heteroatoms. The fourth-order valence-corrected chi connectivity index (χ4v) is 3.01. The molecule has 1 aromatic carbocycles. The summed E-state index contributed by atoms with van der Waals surface area (Å²) < 4.78 is 5.82. The number of primary amides is 1. The zero-order valence-electron chi connectivity index (χ0n) is 13.1. The molecule has 0 bridgehead atoms. The molecule has 3 rings (SSSR count). The average molecular weight is 312 g/mol. The van der Waals surface area contributed by atoms with Crippen molar-refractivity contribution >= 4 is 28.9 Å². The monoisotopic (exact) mass is 312 g/mol. The molecule has 0 aliphatic carbocycles. The van der Waals surface area contributed by atoms with Gasteiger partial charge in [-0.25, -0.2) is 0 Å². The van der Waals surface area contributed by atoms with E-state index in [1.165, 1.54) is 0 Å². The second-order valence-electron chi connectivity index (χ2n) is 5.79. The number of rotatable bonds is 4.